The van der Waals surface area contributed by atoms with Gasteiger partial charge in [0.25, 0.3) is 0 Å². The van der Waals surface area contributed by atoms with Crippen molar-refractivity contribution in [1.29, 1.82) is 0 Å². The smallest absolute Gasteiger partial charge is 0 e. The van der Waals surface area contributed by atoms with Crippen LogP contribution in [0.15, 0.2) is 0 Å². The van der Waals surface area contributed by atoms with E-state index in [0.29, 0.717) is 0 Å². The van der Waals surface area contributed by atoms with Gasteiger partial charge >= 0.3 is 0 Å². The second kappa shape index (κ2) is 18.9. The van der Waals surface area contributed by atoms with E-state index in [2.05, 4.69) is 0 Å². The number of hydrogen-bond acceptors (Lipinski definition) is 0. The van der Waals surface area contributed by atoms with Crippen LogP contribution in [0.25, 0.3) is 0 Å². The Labute approximate surface area is 71.7 Å². The molecular formula is AgCrSiTi. The Balaban J connectivity index is 0. The van der Waals surface area contributed by atoms with Gasteiger partial charge in [-0.3, -0.25) is 0 Å². The van der Waals surface area contributed by atoms with Crippen molar-refractivity contribution in [3.63, 3.8) is 0 Å². The van der Waals surface area contributed by atoms with E-state index in [4.69, 9.17) is 0 Å². The van der Waals surface area contributed by atoms with Crippen LogP contribution in [-0.4, -0.2) is 11.0 Å². The molecule has 0 saturated heterocycles. The molecule has 0 rings (SSSR count). The fraction of sp³-hybridized carbons (Fsp3) is 0. The molecule has 0 aliphatic rings. The van der Waals surface area contributed by atoms with E-state index in [1.54, 1.807) is 0 Å². The van der Waals surface area contributed by atoms with Gasteiger partial charge in [-0.2, -0.15) is 0 Å². The Kier molecular flexibility index (Phi) is 164. The Morgan fingerprint density at radius 2 is 1.00 bits per heavy atom. The van der Waals surface area contributed by atoms with Gasteiger partial charge in [0.1, 0.15) is 0 Å². The van der Waals surface area contributed by atoms with Gasteiger partial charge in [0.15, 0.2) is 0 Å². The van der Waals surface area contributed by atoms with Crippen molar-refractivity contribution in [2.24, 2.45) is 0 Å². The van der Waals surface area contributed by atoms with E-state index < -0.39 is 0 Å². The minimum Gasteiger partial charge on any atom is 0 e. The van der Waals surface area contributed by atoms with E-state index in [1.165, 1.54) is 0 Å². The summed E-state index contributed by atoms with van der Waals surface area (Å²) >= 11 is 0. The van der Waals surface area contributed by atoms with Crippen LogP contribution in [0.4, 0.5) is 0 Å². The molecule has 0 aromatic heterocycles. The standard InChI is InChI=1S/Ag.Cr.Si.Ti. The van der Waals surface area contributed by atoms with Crippen molar-refractivity contribution in [2.75, 3.05) is 0 Å². The largest absolute Gasteiger partial charge is 0 e. The molecule has 0 bridgehead atoms. The van der Waals surface area contributed by atoms with Gasteiger partial charge in [0, 0.05) is 72.4 Å². The average molecular weight is 236 g/mol. The Hall–Kier alpha value is 2.20. The first-order chi connectivity index (χ1) is 0. The SMILES string of the molecule is [Ag].[Cr].[Si].[Ti]. The molecule has 0 fully saturated rings. The van der Waals surface area contributed by atoms with Crippen molar-refractivity contribution in [2.45, 2.75) is 0 Å². The zero-order chi connectivity index (χ0) is 0. The normalized spacial score (nSPS) is 0. The van der Waals surface area contributed by atoms with E-state index in [1.807, 2.05) is 0 Å². The van der Waals surface area contributed by atoms with Crippen molar-refractivity contribution >= 4 is 11.0 Å². The van der Waals surface area contributed by atoms with Gasteiger partial charge in [0.05, 0.1) is 0 Å². The van der Waals surface area contributed by atoms with Gasteiger partial charge in [0.2, 0.25) is 0 Å². The maximum atomic E-state index is 0. The zero-order valence-corrected chi connectivity index (χ0v) is 7.03. The molecule has 5 radical (unpaired) electrons. The van der Waals surface area contributed by atoms with E-state index in [9.17, 15) is 0 Å². The molecule has 0 atom stereocenters. The molecule has 0 amide bonds. The van der Waals surface area contributed by atoms with Gasteiger partial charge in [-0.15, -0.1) is 0 Å². The predicted octanol–water partition coefficient (Wildman–Crippen LogP) is -0.388. The van der Waals surface area contributed by atoms with Crippen molar-refractivity contribution in [3.8, 4) is 0 Å². The molecule has 0 aliphatic heterocycles. The molecule has 0 aromatic rings. The summed E-state index contributed by atoms with van der Waals surface area (Å²) in [6.07, 6.45) is 0. The Morgan fingerprint density at radius 1 is 1.00 bits per heavy atom. The monoisotopic (exact) mass is 235 g/mol. The summed E-state index contributed by atoms with van der Waals surface area (Å²) in [5, 5.41) is 0. The van der Waals surface area contributed by atoms with Crippen molar-refractivity contribution in [1.82, 2.24) is 0 Å². The molecule has 0 spiro atoms. The van der Waals surface area contributed by atoms with Crippen LogP contribution in [0.1, 0.15) is 0 Å². The van der Waals surface area contributed by atoms with Crippen LogP contribution in [0.5, 0.6) is 0 Å². The quantitative estimate of drug-likeness (QED) is 0.502. The fourth-order valence-electron chi connectivity index (χ4n) is 0. The van der Waals surface area contributed by atoms with Crippen LogP contribution in [0, 0.1) is 0 Å². The van der Waals surface area contributed by atoms with Crippen LogP contribution in [-0.2, 0) is 61.5 Å². The van der Waals surface area contributed by atoms with Gasteiger partial charge < -0.3 is 0 Å². The maximum absolute atomic E-state index is 0. The van der Waals surface area contributed by atoms with E-state index in [-0.39, 0.29) is 72.4 Å². The second-order valence-electron chi connectivity index (χ2n) is 0. The molecule has 0 N–H and O–H groups in total. The minimum absolute atomic E-state index is 0. The first kappa shape index (κ1) is 34.6. The van der Waals surface area contributed by atoms with Crippen molar-refractivity contribution in [3.05, 3.63) is 0 Å². The third-order valence-electron chi connectivity index (χ3n) is 0. The molecule has 0 saturated carbocycles. The average Bonchev–Trinajstić information content (AvgIpc) is 0. The molecule has 4 heteroatoms. The third-order valence-corrected chi connectivity index (χ3v) is 0. The van der Waals surface area contributed by atoms with Crippen LogP contribution in [0.3, 0.4) is 0 Å². The summed E-state index contributed by atoms with van der Waals surface area (Å²) in [5.74, 6) is 0. The summed E-state index contributed by atoms with van der Waals surface area (Å²) < 4.78 is 0. The second-order valence-corrected chi connectivity index (χ2v) is 0. The first-order valence-corrected chi connectivity index (χ1v) is 0. The summed E-state index contributed by atoms with van der Waals surface area (Å²) in [4.78, 5) is 0. The number of hydrogen-bond donors (Lipinski definition) is 0. The fourth-order valence-corrected chi connectivity index (χ4v) is 0. The molecular weight excluding hydrogens is 236 g/mol. The zero-order valence-electron chi connectivity index (χ0n) is 1.71. The predicted molar refractivity (Wildman–Crippen MR) is 5.75 cm³/mol. The molecule has 4 heavy (non-hydrogen) atoms. The Morgan fingerprint density at radius 3 is 1.00 bits per heavy atom. The Bertz CT molecular complexity index is 8.00. The number of rotatable bonds is 0. The first-order valence-electron chi connectivity index (χ1n) is 0. The minimum atomic E-state index is 0. The van der Waals surface area contributed by atoms with Gasteiger partial charge in [-0.1, -0.05) is 0 Å². The molecule has 0 unspecified atom stereocenters. The topological polar surface area (TPSA) is 0 Å². The summed E-state index contributed by atoms with van der Waals surface area (Å²) in [5.41, 5.74) is 0. The van der Waals surface area contributed by atoms with Gasteiger partial charge in [-0.25, -0.2) is 0 Å². The van der Waals surface area contributed by atoms with Crippen LogP contribution in [0.2, 0.25) is 0 Å². The molecule has 25 valence electrons. The van der Waals surface area contributed by atoms with Gasteiger partial charge in [-0.05, 0) is 0 Å². The molecule has 0 aliphatic carbocycles. The molecule has 0 heterocycles. The van der Waals surface area contributed by atoms with Crippen molar-refractivity contribution < 1.29 is 61.5 Å². The van der Waals surface area contributed by atoms with E-state index in [0.717, 1.165) is 0 Å². The van der Waals surface area contributed by atoms with Crippen LogP contribution >= 0.6 is 0 Å². The van der Waals surface area contributed by atoms with E-state index >= 15 is 0 Å². The molecule has 0 nitrogen and oxygen atoms in total. The third kappa shape index (κ3) is 8.88. The summed E-state index contributed by atoms with van der Waals surface area (Å²) in [7, 11) is 0. The maximum Gasteiger partial charge on any atom is 0 e. The molecule has 0 aromatic carbocycles. The summed E-state index contributed by atoms with van der Waals surface area (Å²) in [6.45, 7) is 0. The summed E-state index contributed by atoms with van der Waals surface area (Å²) in [6, 6.07) is 0. The van der Waals surface area contributed by atoms with Crippen LogP contribution < -0.4 is 0 Å².